The van der Waals surface area contributed by atoms with Crippen LogP contribution < -0.4 is 9.62 Å². The fourth-order valence-electron chi connectivity index (χ4n) is 4.32. The van der Waals surface area contributed by atoms with E-state index in [1.54, 1.807) is 24.3 Å². The predicted molar refractivity (Wildman–Crippen MR) is 138 cm³/mol. The van der Waals surface area contributed by atoms with Gasteiger partial charge in [0.05, 0.1) is 11.9 Å². The molecule has 0 bridgehead atoms. The van der Waals surface area contributed by atoms with Crippen molar-refractivity contribution in [3.63, 3.8) is 0 Å². The van der Waals surface area contributed by atoms with Crippen LogP contribution in [0.25, 0.3) is 0 Å². The number of amides is 2. The molecule has 3 rings (SSSR count). The number of benzene rings is 2. The first-order valence-corrected chi connectivity index (χ1v) is 14.2. The third-order valence-corrected chi connectivity index (χ3v) is 7.88. The lowest BCUT2D eigenvalue weighted by Gasteiger charge is -2.33. The number of nitrogens with one attached hydrogen (secondary N) is 1. The molecule has 2 aromatic carbocycles. The Morgan fingerprint density at radius 1 is 1.06 bits per heavy atom. The molecule has 7 nitrogen and oxygen atoms in total. The van der Waals surface area contributed by atoms with E-state index in [1.807, 2.05) is 37.3 Å². The van der Waals surface area contributed by atoms with Crippen LogP contribution >= 0.6 is 15.9 Å². The molecule has 0 unspecified atom stereocenters. The summed E-state index contributed by atoms with van der Waals surface area (Å²) >= 11 is 3.39. The first-order valence-electron chi connectivity index (χ1n) is 11.6. The highest BCUT2D eigenvalue weighted by molar-refractivity contribution is 9.10. The van der Waals surface area contributed by atoms with E-state index in [4.69, 9.17) is 0 Å². The van der Waals surface area contributed by atoms with Gasteiger partial charge in [0.2, 0.25) is 21.8 Å². The molecule has 1 saturated carbocycles. The highest BCUT2D eigenvalue weighted by atomic mass is 79.9. The van der Waals surface area contributed by atoms with Gasteiger partial charge >= 0.3 is 0 Å². The number of halogens is 1. The van der Waals surface area contributed by atoms with Crippen LogP contribution in [-0.2, 0) is 26.2 Å². The van der Waals surface area contributed by atoms with E-state index in [0.29, 0.717) is 16.6 Å². The van der Waals surface area contributed by atoms with Crippen molar-refractivity contribution in [2.75, 3.05) is 17.1 Å². The van der Waals surface area contributed by atoms with Crippen molar-refractivity contribution in [2.24, 2.45) is 0 Å². The first-order chi connectivity index (χ1) is 16.2. The lowest BCUT2D eigenvalue weighted by atomic mass is 10.1. The highest BCUT2D eigenvalue weighted by Crippen LogP contribution is 2.28. The molecule has 0 saturated heterocycles. The minimum Gasteiger partial charge on any atom is -0.352 e. The van der Waals surface area contributed by atoms with Gasteiger partial charge in [0.1, 0.15) is 12.6 Å². The Balaban J connectivity index is 1.91. The van der Waals surface area contributed by atoms with Crippen LogP contribution in [0.15, 0.2) is 59.1 Å². The van der Waals surface area contributed by atoms with E-state index in [0.717, 1.165) is 41.8 Å². The SMILES string of the molecule is CC[C@@H](C(=O)NC1CCCC1)N(Cc1ccccc1)C(=O)CN(c1ccccc1Br)S(C)(=O)=O. The molecular formula is C25H32BrN3O4S. The maximum atomic E-state index is 13.7. The second kappa shape index (κ2) is 11.8. The number of carbonyl (C=O) groups excluding carboxylic acids is 2. The lowest BCUT2D eigenvalue weighted by Crippen LogP contribution is -2.53. The average Bonchev–Trinajstić information content (AvgIpc) is 3.31. The van der Waals surface area contributed by atoms with E-state index < -0.39 is 28.5 Å². The maximum absolute atomic E-state index is 13.7. The largest absolute Gasteiger partial charge is 0.352 e. The van der Waals surface area contributed by atoms with Gasteiger partial charge in [0.25, 0.3) is 0 Å². The van der Waals surface area contributed by atoms with Gasteiger partial charge in [0, 0.05) is 17.1 Å². The highest BCUT2D eigenvalue weighted by Gasteiger charge is 2.33. The number of carbonyl (C=O) groups is 2. The van der Waals surface area contributed by atoms with Gasteiger partial charge in [-0.1, -0.05) is 62.2 Å². The fraction of sp³-hybridized carbons (Fsp3) is 0.440. The van der Waals surface area contributed by atoms with Crippen molar-refractivity contribution in [3.05, 3.63) is 64.6 Å². The topological polar surface area (TPSA) is 86.8 Å². The summed E-state index contributed by atoms with van der Waals surface area (Å²) in [5.41, 5.74) is 1.25. The molecule has 0 heterocycles. The van der Waals surface area contributed by atoms with Crippen LogP contribution in [0.5, 0.6) is 0 Å². The number of nitrogens with zero attached hydrogens (tertiary/aromatic N) is 2. The number of hydrogen-bond donors (Lipinski definition) is 1. The number of hydrogen-bond acceptors (Lipinski definition) is 4. The summed E-state index contributed by atoms with van der Waals surface area (Å²) in [7, 11) is -3.76. The fourth-order valence-corrected chi connectivity index (χ4v) is 5.79. The summed E-state index contributed by atoms with van der Waals surface area (Å²) in [5, 5.41) is 3.10. The van der Waals surface area contributed by atoms with Crippen LogP contribution in [0.2, 0.25) is 0 Å². The number of rotatable bonds is 10. The van der Waals surface area contributed by atoms with Gasteiger partial charge in [-0.15, -0.1) is 0 Å². The summed E-state index contributed by atoms with van der Waals surface area (Å²) in [6.07, 6.45) is 5.56. The van der Waals surface area contributed by atoms with Gasteiger partial charge in [-0.05, 0) is 52.9 Å². The zero-order chi connectivity index (χ0) is 24.7. The predicted octanol–water partition coefficient (Wildman–Crippen LogP) is 4.08. The molecule has 2 aromatic rings. The Bertz CT molecular complexity index is 1090. The molecule has 184 valence electrons. The maximum Gasteiger partial charge on any atom is 0.244 e. The second-order valence-electron chi connectivity index (χ2n) is 8.64. The number of sulfonamides is 1. The molecule has 0 spiro atoms. The summed E-state index contributed by atoms with van der Waals surface area (Å²) < 4.78 is 27.0. The Kier molecular flexibility index (Phi) is 9.13. The van der Waals surface area contributed by atoms with Crippen molar-refractivity contribution in [2.45, 2.75) is 57.7 Å². The van der Waals surface area contributed by atoms with Gasteiger partial charge < -0.3 is 10.2 Å². The lowest BCUT2D eigenvalue weighted by molar-refractivity contribution is -0.140. The Morgan fingerprint density at radius 3 is 2.26 bits per heavy atom. The van der Waals surface area contributed by atoms with Crippen molar-refractivity contribution >= 4 is 43.5 Å². The Labute approximate surface area is 210 Å². The molecule has 1 atom stereocenters. The van der Waals surface area contributed by atoms with Crippen LogP contribution in [0.4, 0.5) is 5.69 Å². The quantitative estimate of drug-likeness (QED) is 0.483. The molecule has 0 radical (unpaired) electrons. The van der Waals surface area contributed by atoms with Gasteiger partial charge in [-0.25, -0.2) is 8.42 Å². The van der Waals surface area contributed by atoms with Crippen molar-refractivity contribution in [3.8, 4) is 0 Å². The molecule has 34 heavy (non-hydrogen) atoms. The second-order valence-corrected chi connectivity index (χ2v) is 11.4. The minimum absolute atomic E-state index is 0.128. The zero-order valence-electron chi connectivity index (χ0n) is 19.6. The summed E-state index contributed by atoms with van der Waals surface area (Å²) in [6.45, 7) is 1.68. The van der Waals surface area contributed by atoms with Crippen LogP contribution in [0, 0.1) is 0 Å². The van der Waals surface area contributed by atoms with Gasteiger partial charge in [-0.3, -0.25) is 13.9 Å². The van der Waals surface area contributed by atoms with Crippen molar-refractivity contribution in [1.29, 1.82) is 0 Å². The van der Waals surface area contributed by atoms with Crippen LogP contribution in [0.1, 0.15) is 44.6 Å². The third-order valence-electron chi connectivity index (χ3n) is 6.08. The van der Waals surface area contributed by atoms with Crippen molar-refractivity contribution < 1.29 is 18.0 Å². The number of anilines is 1. The van der Waals surface area contributed by atoms with E-state index in [1.165, 1.54) is 4.90 Å². The van der Waals surface area contributed by atoms with Crippen molar-refractivity contribution in [1.82, 2.24) is 10.2 Å². The molecule has 9 heteroatoms. The Hall–Kier alpha value is -2.39. The van der Waals surface area contributed by atoms with E-state index in [2.05, 4.69) is 21.2 Å². The standard InChI is InChI=1S/C25H32BrN3O4S/c1-3-22(25(31)27-20-13-7-8-14-20)28(17-19-11-5-4-6-12-19)24(30)18-29(34(2,32)33)23-16-10-9-15-21(23)26/h4-6,9-12,15-16,20,22H,3,7-8,13-14,17-18H2,1-2H3,(H,27,31)/t22-/m0/s1. The monoisotopic (exact) mass is 549 g/mol. The molecule has 0 aliphatic heterocycles. The zero-order valence-corrected chi connectivity index (χ0v) is 22.0. The van der Waals surface area contributed by atoms with Gasteiger partial charge in [-0.2, -0.15) is 0 Å². The smallest absolute Gasteiger partial charge is 0.244 e. The molecule has 0 aromatic heterocycles. The molecular weight excluding hydrogens is 518 g/mol. The number of para-hydroxylation sites is 1. The van der Waals surface area contributed by atoms with Gasteiger partial charge in [0.15, 0.2) is 0 Å². The first kappa shape index (κ1) is 26.2. The van der Waals surface area contributed by atoms with Crippen LogP contribution in [0.3, 0.4) is 0 Å². The minimum atomic E-state index is -3.76. The van der Waals surface area contributed by atoms with E-state index in [-0.39, 0.29) is 18.5 Å². The normalized spacial score (nSPS) is 15.0. The Morgan fingerprint density at radius 2 is 1.68 bits per heavy atom. The molecule has 1 N–H and O–H groups in total. The summed E-state index contributed by atoms with van der Waals surface area (Å²) in [6, 6.07) is 15.7. The molecule has 1 fully saturated rings. The molecule has 1 aliphatic rings. The van der Waals surface area contributed by atoms with E-state index >= 15 is 0 Å². The molecule has 1 aliphatic carbocycles. The summed E-state index contributed by atoms with van der Waals surface area (Å²) in [5.74, 6) is -0.621. The summed E-state index contributed by atoms with van der Waals surface area (Å²) in [4.78, 5) is 28.4. The van der Waals surface area contributed by atoms with E-state index in [9.17, 15) is 18.0 Å². The van der Waals surface area contributed by atoms with Crippen LogP contribution in [-0.4, -0.2) is 50.0 Å². The average molecular weight is 551 g/mol. The third kappa shape index (κ3) is 6.82. The molecule has 2 amide bonds.